The summed E-state index contributed by atoms with van der Waals surface area (Å²) in [4.78, 5) is 0. The zero-order valence-electron chi connectivity index (χ0n) is 15.3. The summed E-state index contributed by atoms with van der Waals surface area (Å²) in [6.45, 7) is 2.64. The molecule has 0 unspecified atom stereocenters. The molecule has 1 N–H and O–H groups in total. The first-order valence-electron chi connectivity index (χ1n) is 8.00. The maximum absolute atomic E-state index is 12.7. The normalized spacial score (nSPS) is 15.4. The van der Waals surface area contributed by atoms with Crippen molar-refractivity contribution in [3.05, 3.63) is 52.6 Å². The molecule has 0 saturated carbocycles. The first kappa shape index (κ1) is 23.6. The van der Waals surface area contributed by atoms with Crippen LogP contribution in [0.5, 0.6) is 0 Å². The second kappa shape index (κ2) is 8.22. The number of rotatable bonds is 2. The summed E-state index contributed by atoms with van der Waals surface area (Å²) < 4.78 is 87.7. The zero-order valence-corrected chi connectivity index (χ0v) is 17.6. The number of benzene rings is 1. The van der Waals surface area contributed by atoms with E-state index in [4.69, 9.17) is 24.6 Å². The molecule has 0 fully saturated rings. The van der Waals surface area contributed by atoms with Crippen molar-refractivity contribution in [3.63, 3.8) is 0 Å². The molecule has 3 rings (SSSR count). The molecule has 0 bridgehead atoms. The molecule has 0 radical (unpaired) electrons. The molecule has 0 spiro atoms. The van der Waals surface area contributed by atoms with Gasteiger partial charge in [-0.3, -0.25) is 4.55 Å². The van der Waals surface area contributed by atoms with E-state index >= 15 is 0 Å². The molecular formula is C15H18ClF3N3O5S2+. The maximum Gasteiger partial charge on any atom is 0.522 e. The summed E-state index contributed by atoms with van der Waals surface area (Å²) in [5, 5.41) is 0.693. The Morgan fingerprint density at radius 2 is 1.76 bits per heavy atom. The lowest BCUT2D eigenvalue weighted by Gasteiger charge is -2.26. The number of halogens is 4. The number of hydrogen-bond donors (Lipinski definition) is 1. The smallest absolute Gasteiger partial charge is 0.279 e. The molecule has 0 amide bonds. The Balaban J connectivity index is 0.000000321. The van der Waals surface area contributed by atoms with Gasteiger partial charge in [-0.2, -0.15) is 34.3 Å². The van der Waals surface area contributed by atoms with Crippen molar-refractivity contribution in [2.24, 2.45) is 7.05 Å². The highest BCUT2D eigenvalue weighted by atomic mass is 35.5. The predicted molar refractivity (Wildman–Crippen MR) is 97.8 cm³/mol. The summed E-state index contributed by atoms with van der Waals surface area (Å²) in [6, 6.07) is 5.63. The van der Waals surface area contributed by atoms with E-state index in [2.05, 4.69) is 0 Å². The molecule has 14 heteroatoms. The maximum atomic E-state index is 12.7. The summed E-state index contributed by atoms with van der Waals surface area (Å²) in [7, 11) is -7.54. The summed E-state index contributed by atoms with van der Waals surface area (Å²) >= 11 is 5.98. The molecule has 1 aromatic carbocycles. The molecule has 1 aromatic heterocycles. The Morgan fingerprint density at radius 1 is 1.17 bits per heavy atom. The van der Waals surface area contributed by atoms with Gasteiger partial charge in [-0.05, 0) is 29.7 Å². The third kappa shape index (κ3) is 5.28. The van der Waals surface area contributed by atoms with E-state index < -0.39 is 25.8 Å². The Bertz CT molecular complexity index is 1110. The molecule has 162 valence electrons. The molecule has 2 heterocycles. The van der Waals surface area contributed by atoms with E-state index in [9.17, 15) is 21.6 Å². The molecule has 29 heavy (non-hydrogen) atoms. The van der Waals surface area contributed by atoms with Gasteiger partial charge in [0.1, 0.15) is 12.4 Å². The molecule has 0 atom stereocenters. The van der Waals surface area contributed by atoms with Crippen molar-refractivity contribution in [1.82, 2.24) is 8.28 Å². The molecule has 1 aliphatic rings. The predicted octanol–water partition coefficient (Wildman–Crippen LogP) is 1.82. The first-order chi connectivity index (χ1) is 13.1. The topological polar surface area (TPSA) is 101 Å². The van der Waals surface area contributed by atoms with Crippen molar-refractivity contribution >= 4 is 31.9 Å². The van der Waals surface area contributed by atoms with Gasteiger partial charge in [-0.1, -0.05) is 17.7 Å². The van der Waals surface area contributed by atoms with Gasteiger partial charge in [0.25, 0.3) is 5.82 Å². The van der Waals surface area contributed by atoms with Crippen LogP contribution >= 0.6 is 11.6 Å². The Labute approximate surface area is 171 Å². The first-order valence-corrected chi connectivity index (χ1v) is 11.2. The van der Waals surface area contributed by atoms with Gasteiger partial charge in [0.05, 0.1) is 7.05 Å². The highest BCUT2D eigenvalue weighted by Gasteiger charge is 2.44. The number of fused-ring (bicyclic) bond motifs is 1. The Hall–Kier alpha value is -1.67. The van der Waals surface area contributed by atoms with Crippen LogP contribution in [-0.4, -0.2) is 41.7 Å². The molecule has 2 aromatic rings. The quantitative estimate of drug-likeness (QED) is 0.405. The molecular weight excluding hydrogens is 459 g/mol. The monoisotopic (exact) mass is 476 g/mol. The second-order valence-corrected chi connectivity index (χ2v) is 9.83. The van der Waals surface area contributed by atoms with Gasteiger partial charge in [-0.25, -0.2) is 4.57 Å². The minimum Gasteiger partial charge on any atom is -0.279 e. The molecule has 1 aliphatic heterocycles. The lowest BCUT2D eigenvalue weighted by atomic mass is 10.0. The average molecular weight is 477 g/mol. The summed E-state index contributed by atoms with van der Waals surface area (Å²) in [6.07, 6.45) is 4.01. The van der Waals surface area contributed by atoms with E-state index in [1.54, 1.807) is 30.0 Å². The molecule has 0 saturated heterocycles. The number of aryl methyl sites for hydroxylation is 1. The van der Waals surface area contributed by atoms with E-state index in [-0.39, 0.29) is 0 Å². The third-order valence-corrected chi connectivity index (χ3v) is 6.94. The van der Waals surface area contributed by atoms with Crippen molar-refractivity contribution in [1.29, 1.82) is 0 Å². The van der Waals surface area contributed by atoms with Gasteiger partial charge in [0.15, 0.2) is 0 Å². The van der Waals surface area contributed by atoms with Gasteiger partial charge >= 0.3 is 25.8 Å². The summed E-state index contributed by atoms with van der Waals surface area (Å²) in [5.41, 5.74) is -3.39. The third-order valence-electron chi connectivity index (χ3n) is 4.27. The van der Waals surface area contributed by atoms with Gasteiger partial charge in [0, 0.05) is 25.0 Å². The minimum atomic E-state index is -5.84. The number of nitrogens with zero attached hydrogens (tertiary/aromatic N) is 3. The van der Waals surface area contributed by atoms with Crippen molar-refractivity contribution < 1.29 is 39.1 Å². The van der Waals surface area contributed by atoms with Crippen molar-refractivity contribution in [2.75, 3.05) is 6.54 Å². The zero-order chi connectivity index (χ0) is 22.2. The van der Waals surface area contributed by atoms with Crippen LogP contribution in [0.1, 0.15) is 17.0 Å². The SMILES string of the molecule is Cc1n(S(=O)(=O)N2CCc3cc(Cl)ccc3C2)cc[n+]1C.O=S(=O)(O)C(F)(F)F. The largest absolute Gasteiger partial charge is 0.522 e. The van der Waals surface area contributed by atoms with Crippen LogP contribution in [0.4, 0.5) is 13.2 Å². The number of imidazole rings is 1. The lowest BCUT2D eigenvalue weighted by Crippen LogP contribution is -2.41. The lowest BCUT2D eigenvalue weighted by molar-refractivity contribution is -0.676. The van der Waals surface area contributed by atoms with Crippen LogP contribution in [0.2, 0.25) is 5.02 Å². The van der Waals surface area contributed by atoms with Crippen LogP contribution in [0.25, 0.3) is 0 Å². The van der Waals surface area contributed by atoms with Gasteiger partial charge in [0.2, 0.25) is 0 Å². The fourth-order valence-electron chi connectivity index (χ4n) is 2.59. The van der Waals surface area contributed by atoms with E-state index in [1.165, 1.54) is 8.28 Å². The fraction of sp³-hybridized carbons (Fsp3) is 0.400. The van der Waals surface area contributed by atoms with E-state index in [0.29, 0.717) is 30.4 Å². The average Bonchev–Trinajstić information content (AvgIpc) is 2.93. The van der Waals surface area contributed by atoms with Crippen LogP contribution in [-0.2, 0) is 40.3 Å². The molecule has 8 nitrogen and oxygen atoms in total. The van der Waals surface area contributed by atoms with Crippen LogP contribution in [0.3, 0.4) is 0 Å². The number of alkyl halides is 3. The van der Waals surface area contributed by atoms with Crippen molar-refractivity contribution in [2.45, 2.75) is 25.4 Å². The van der Waals surface area contributed by atoms with Crippen LogP contribution in [0.15, 0.2) is 30.6 Å². The minimum absolute atomic E-state index is 0.385. The van der Waals surface area contributed by atoms with Gasteiger partial charge < -0.3 is 0 Å². The summed E-state index contributed by atoms with van der Waals surface area (Å²) in [5.74, 6) is 0.678. The Morgan fingerprint density at radius 3 is 2.24 bits per heavy atom. The number of aromatic nitrogens is 2. The fourth-order valence-corrected chi connectivity index (χ4v) is 4.33. The molecule has 0 aliphatic carbocycles. The van der Waals surface area contributed by atoms with Gasteiger partial charge in [-0.15, -0.1) is 3.97 Å². The number of hydrogen-bond acceptors (Lipinski definition) is 4. The van der Waals surface area contributed by atoms with Crippen LogP contribution < -0.4 is 4.57 Å². The Kier molecular flexibility index (Phi) is 6.69. The second-order valence-electron chi connectivity index (χ2n) is 6.18. The highest BCUT2D eigenvalue weighted by Crippen LogP contribution is 2.25. The highest BCUT2D eigenvalue weighted by molar-refractivity contribution is 7.87. The van der Waals surface area contributed by atoms with Crippen molar-refractivity contribution in [3.8, 4) is 0 Å². The van der Waals surface area contributed by atoms with E-state index in [1.807, 2.05) is 19.2 Å². The van der Waals surface area contributed by atoms with Crippen LogP contribution in [0, 0.1) is 6.92 Å². The van der Waals surface area contributed by atoms with E-state index in [0.717, 1.165) is 11.1 Å². The standard InChI is InChI=1S/C14H17ClN3O2S.CHF3O3S/c1-11-16(2)7-8-18(11)21(19,20)17-6-5-12-9-14(15)4-3-13(12)10-17;2-1(3,4)8(5,6)7/h3-4,7-9H,5-6,10H2,1-2H3;(H,5,6,7)/q+1;.